The molecule has 0 spiro atoms. The van der Waals surface area contributed by atoms with Gasteiger partial charge >= 0.3 is 0 Å². The van der Waals surface area contributed by atoms with Crippen LogP contribution in [0.2, 0.25) is 0 Å². The van der Waals surface area contributed by atoms with Crippen LogP contribution in [0, 0.1) is 0 Å². The van der Waals surface area contributed by atoms with Crippen LogP contribution in [0.4, 0.5) is 5.69 Å². The fourth-order valence-electron chi connectivity index (χ4n) is 2.32. The third-order valence-corrected chi connectivity index (χ3v) is 3.88. The molecule has 0 fully saturated rings. The average Bonchev–Trinajstić information content (AvgIpc) is 2.61. The first-order valence-electron chi connectivity index (χ1n) is 8.38. The summed E-state index contributed by atoms with van der Waals surface area (Å²) >= 11 is 0. The van der Waals surface area contributed by atoms with E-state index in [0.717, 1.165) is 12.1 Å². The van der Waals surface area contributed by atoms with Crippen LogP contribution in [0.5, 0.6) is 11.5 Å². The van der Waals surface area contributed by atoms with Crippen molar-refractivity contribution in [2.45, 2.75) is 33.1 Å². The Labute approximate surface area is 143 Å². The fourth-order valence-corrected chi connectivity index (χ4v) is 2.32. The molecule has 0 saturated carbocycles. The van der Waals surface area contributed by atoms with Crippen LogP contribution >= 0.6 is 0 Å². The number of nitrogens with one attached hydrogen (secondary N) is 1. The van der Waals surface area contributed by atoms with Gasteiger partial charge in [0.15, 0.2) is 18.1 Å². The number of hydrogen-bond acceptors (Lipinski definition) is 3. The summed E-state index contributed by atoms with van der Waals surface area (Å²) in [4.78, 5) is 12.1. The molecule has 1 amide bonds. The lowest BCUT2D eigenvalue weighted by Crippen LogP contribution is -2.20. The number of carbonyl (C=O) groups is 1. The van der Waals surface area contributed by atoms with Gasteiger partial charge in [0.2, 0.25) is 0 Å². The average molecular weight is 327 g/mol. The third kappa shape index (κ3) is 5.01. The molecule has 0 saturated heterocycles. The van der Waals surface area contributed by atoms with E-state index in [2.05, 4.69) is 31.3 Å². The van der Waals surface area contributed by atoms with Crippen molar-refractivity contribution in [2.75, 3.05) is 18.5 Å². The minimum Gasteiger partial charge on any atom is -0.490 e. The number of amides is 1. The van der Waals surface area contributed by atoms with E-state index in [9.17, 15) is 4.79 Å². The summed E-state index contributed by atoms with van der Waals surface area (Å²) in [6.45, 7) is 6.76. The number of hydrogen-bond donors (Lipinski definition) is 1. The maximum atomic E-state index is 12.1. The van der Waals surface area contributed by atoms with Gasteiger partial charge in [0.05, 0.1) is 6.61 Å². The van der Waals surface area contributed by atoms with Gasteiger partial charge in [-0.05, 0) is 49.1 Å². The summed E-state index contributed by atoms with van der Waals surface area (Å²) in [5, 5.41) is 2.84. The minimum atomic E-state index is -0.197. The van der Waals surface area contributed by atoms with Crippen LogP contribution in [0.25, 0.3) is 0 Å². The Morgan fingerprint density at radius 1 is 1.00 bits per heavy atom. The Bertz CT molecular complexity index is 652. The lowest BCUT2D eigenvalue weighted by atomic mass is 9.99. The normalized spacial score (nSPS) is 11.6. The second kappa shape index (κ2) is 8.96. The Balaban J connectivity index is 1.89. The molecule has 0 aliphatic rings. The summed E-state index contributed by atoms with van der Waals surface area (Å²) in [6.07, 6.45) is 1.10. The molecule has 0 aliphatic carbocycles. The van der Waals surface area contributed by atoms with E-state index in [1.807, 2.05) is 37.3 Å². The van der Waals surface area contributed by atoms with E-state index in [4.69, 9.17) is 9.47 Å². The topological polar surface area (TPSA) is 47.6 Å². The highest BCUT2D eigenvalue weighted by molar-refractivity contribution is 5.91. The van der Waals surface area contributed by atoms with Gasteiger partial charge in [-0.3, -0.25) is 4.79 Å². The van der Waals surface area contributed by atoms with Crippen molar-refractivity contribution in [2.24, 2.45) is 0 Å². The van der Waals surface area contributed by atoms with Gasteiger partial charge in [-0.15, -0.1) is 0 Å². The smallest absolute Gasteiger partial charge is 0.262 e. The lowest BCUT2D eigenvalue weighted by Gasteiger charge is -2.12. The molecule has 2 aromatic carbocycles. The van der Waals surface area contributed by atoms with Crippen LogP contribution in [0.3, 0.4) is 0 Å². The Morgan fingerprint density at radius 2 is 1.62 bits per heavy atom. The van der Waals surface area contributed by atoms with Gasteiger partial charge in [0.25, 0.3) is 5.91 Å². The van der Waals surface area contributed by atoms with E-state index in [1.165, 1.54) is 5.56 Å². The van der Waals surface area contributed by atoms with Gasteiger partial charge in [0, 0.05) is 5.69 Å². The maximum Gasteiger partial charge on any atom is 0.262 e. The molecule has 1 N–H and O–H groups in total. The fraction of sp³-hybridized carbons (Fsp3) is 0.350. The van der Waals surface area contributed by atoms with Gasteiger partial charge in [-0.25, -0.2) is 0 Å². The molecule has 128 valence electrons. The van der Waals surface area contributed by atoms with Crippen LogP contribution in [0.1, 0.15) is 38.7 Å². The molecule has 0 aromatic heterocycles. The van der Waals surface area contributed by atoms with Crippen LogP contribution in [-0.2, 0) is 4.79 Å². The molecule has 0 radical (unpaired) electrons. The number of rotatable bonds is 8. The highest BCUT2D eigenvalue weighted by atomic mass is 16.5. The van der Waals surface area contributed by atoms with Crippen molar-refractivity contribution in [3.63, 3.8) is 0 Å². The molecule has 1 atom stereocenters. The van der Waals surface area contributed by atoms with Crippen LogP contribution in [-0.4, -0.2) is 19.1 Å². The maximum absolute atomic E-state index is 12.1. The molecule has 0 unspecified atom stereocenters. The standard InChI is InChI=1S/C20H25NO3/c1-4-15(3)16-10-12-17(13-11-16)21-20(22)14-24-19-9-7-6-8-18(19)23-5-2/h6-13,15H,4-5,14H2,1-3H3,(H,21,22)/t15-/m0/s1. The van der Waals surface area contributed by atoms with Crippen molar-refractivity contribution < 1.29 is 14.3 Å². The molecule has 2 rings (SSSR count). The zero-order chi connectivity index (χ0) is 17.4. The third-order valence-electron chi connectivity index (χ3n) is 3.88. The molecule has 0 heterocycles. The highest BCUT2D eigenvalue weighted by Crippen LogP contribution is 2.26. The highest BCUT2D eigenvalue weighted by Gasteiger charge is 2.08. The van der Waals surface area contributed by atoms with Gasteiger partial charge in [0.1, 0.15) is 0 Å². The zero-order valence-electron chi connectivity index (χ0n) is 14.5. The molecule has 4 nitrogen and oxygen atoms in total. The van der Waals surface area contributed by atoms with Gasteiger partial charge in [-0.1, -0.05) is 38.1 Å². The predicted molar refractivity (Wildman–Crippen MR) is 96.9 cm³/mol. The van der Waals surface area contributed by atoms with Crippen molar-refractivity contribution in [3.8, 4) is 11.5 Å². The Morgan fingerprint density at radius 3 is 2.21 bits per heavy atom. The molecular weight excluding hydrogens is 302 g/mol. The van der Waals surface area contributed by atoms with E-state index >= 15 is 0 Å². The Hall–Kier alpha value is -2.49. The molecule has 4 heteroatoms. The number of anilines is 1. The van der Waals surface area contributed by atoms with Crippen molar-refractivity contribution in [1.82, 2.24) is 0 Å². The summed E-state index contributed by atoms with van der Waals surface area (Å²) in [5.74, 6) is 1.54. The Kier molecular flexibility index (Phi) is 6.67. The van der Waals surface area contributed by atoms with Crippen LogP contribution in [0.15, 0.2) is 48.5 Å². The largest absolute Gasteiger partial charge is 0.490 e. The van der Waals surface area contributed by atoms with E-state index < -0.39 is 0 Å². The first-order valence-corrected chi connectivity index (χ1v) is 8.38. The molecular formula is C20H25NO3. The van der Waals surface area contributed by atoms with E-state index in [0.29, 0.717) is 24.0 Å². The summed E-state index contributed by atoms with van der Waals surface area (Å²) in [5.41, 5.74) is 2.05. The predicted octanol–water partition coefficient (Wildman–Crippen LogP) is 4.62. The molecule has 0 aliphatic heterocycles. The summed E-state index contributed by atoms with van der Waals surface area (Å²) < 4.78 is 11.0. The molecule has 24 heavy (non-hydrogen) atoms. The van der Waals surface area contributed by atoms with Crippen molar-refractivity contribution in [1.29, 1.82) is 0 Å². The van der Waals surface area contributed by atoms with Gasteiger partial charge in [-0.2, -0.15) is 0 Å². The number of para-hydroxylation sites is 2. The van der Waals surface area contributed by atoms with E-state index in [1.54, 1.807) is 6.07 Å². The minimum absolute atomic E-state index is 0.0583. The van der Waals surface area contributed by atoms with Crippen molar-refractivity contribution in [3.05, 3.63) is 54.1 Å². The second-order valence-corrected chi connectivity index (χ2v) is 5.65. The summed E-state index contributed by atoms with van der Waals surface area (Å²) in [7, 11) is 0. The quantitative estimate of drug-likeness (QED) is 0.770. The lowest BCUT2D eigenvalue weighted by molar-refractivity contribution is -0.118. The molecule has 2 aromatic rings. The number of ether oxygens (including phenoxy) is 2. The van der Waals surface area contributed by atoms with Crippen LogP contribution < -0.4 is 14.8 Å². The van der Waals surface area contributed by atoms with E-state index in [-0.39, 0.29) is 12.5 Å². The number of carbonyl (C=O) groups excluding carboxylic acids is 1. The first-order chi connectivity index (χ1) is 11.6. The van der Waals surface area contributed by atoms with Crippen molar-refractivity contribution >= 4 is 11.6 Å². The molecule has 0 bridgehead atoms. The zero-order valence-corrected chi connectivity index (χ0v) is 14.5. The second-order valence-electron chi connectivity index (χ2n) is 5.65. The first kappa shape index (κ1) is 17.9. The monoisotopic (exact) mass is 327 g/mol. The summed E-state index contributed by atoms with van der Waals surface area (Å²) in [6, 6.07) is 15.3. The number of benzene rings is 2. The van der Waals surface area contributed by atoms with Gasteiger partial charge < -0.3 is 14.8 Å². The SMILES string of the molecule is CCOc1ccccc1OCC(=O)Nc1ccc([C@@H](C)CC)cc1.